The van der Waals surface area contributed by atoms with E-state index in [-0.39, 0.29) is 4.75 Å². The van der Waals surface area contributed by atoms with E-state index in [0.29, 0.717) is 5.92 Å². The number of thiol groups is 2. The van der Waals surface area contributed by atoms with Gasteiger partial charge in [0.1, 0.15) is 0 Å². The maximum absolute atomic E-state index is 4.79. The molecule has 0 aromatic heterocycles. The van der Waals surface area contributed by atoms with E-state index in [1.54, 1.807) is 0 Å². The third-order valence-electron chi connectivity index (χ3n) is 3.11. The molecule has 0 bridgehead atoms. The smallest absolute Gasteiger partial charge is 0.0425 e. The molecule has 2 atom stereocenters. The Morgan fingerprint density at radius 3 is 2.76 bits per heavy atom. The van der Waals surface area contributed by atoms with Gasteiger partial charge < -0.3 is 0 Å². The highest BCUT2D eigenvalue weighted by Gasteiger charge is 2.27. The van der Waals surface area contributed by atoms with Crippen molar-refractivity contribution in [2.45, 2.75) is 34.8 Å². The second kappa shape index (κ2) is 6.81. The molecule has 0 aliphatic carbocycles. The van der Waals surface area contributed by atoms with Gasteiger partial charge >= 0.3 is 0 Å². The lowest BCUT2D eigenvalue weighted by Gasteiger charge is -2.30. The maximum atomic E-state index is 4.79. The molecule has 3 heteroatoms. The van der Waals surface area contributed by atoms with Gasteiger partial charge in [-0.25, -0.2) is 0 Å². The zero-order chi connectivity index (χ0) is 12.9. The maximum Gasteiger partial charge on any atom is 0.0425 e. The molecule has 0 aliphatic rings. The van der Waals surface area contributed by atoms with Crippen LogP contribution in [0.5, 0.6) is 0 Å². The van der Waals surface area contributed by atoms with Crippen LogP contribution in [-0.4, -0.2) is 10.5 Å². The van der Waals surface area contributed by atoms with Crippen LogP contribution in [0.1, 0.15) is 20.3 Å². The summed E-state index contributed by atoms with van der Waals surface area (Å²) in [7, 11) is 0. The van der Waals surface area contributed by atoms with Gasteiger partial charge in [-0.1, -0.05) is 32.4 Å². The second-order valence-corrected chi connectivity index (χ2v) is 6.69. The van der Waals surface area contributed by atoms with Crippen molar-refractivity contribution in [1.29, 1.82) is 0 Å². The van der Waals surface area contributed by atoms with Gasteiger partial charge in [0.15, 0.2) is 0 Å². The number of benzene rings is 1. The summed E-state index contributed by atoms with van der Waals surface area (Å²) in [6.07, 6.45) is 3.09. The fraction of sp³-hybridized carbons (Fsp3) is 0.429. The minimum Gasteiger partial charge on any atom is -0.167 e. The molecule has 94 valence electrons. The van der Waals surface area contributed by atoms with Crippen LogP contribution in [0, 0.1) is 5.92 Å². The molecule has 0 saturated heterocycles. The van der Waals surface area contributed by atoms with E-state index in [4.69, 9.17) is 12.6 Å². The molecular weight excluding hydrogens is 264 g/mol. The second-order valence-electron chi connectivity index (χ2n) is 4.29. The molecule has 1 aromatic rings. The first-order valence-corrected chi connectivity index (χ1v) is 7.67. The molecule has 0 radical (unpaired) electrons. The quantitative estimate of drug-likeness (QED) is 0.422. The highest BCUT2D eigenvalue weighted by molar-refractivity contribution is 8.00. The molecular formula is C14H20S3. The standard InChI is InChI=1S/C14H20S3/c1-4-11(3)14(16,5-2)10-17-13-8-6-7-12(15)9-13/h5-9,11,15-16H,2,4,10H2,1,3H3/t11-,14?/m1/s1. The van der Waals surface area contributed by atoms with Crippen molar-refractivity contribution in [3.8, 4) is 0 Å². The van der Waals surface area contributed by atoms with E-state index in [0.717, 1.165) is 17.1 Å². The van der Waals surface area contributed by atoms with E-state index in [1.165, 1.54) is 4.90 Å². The lowest BCUT2D eigenvalue weighted by atomic mass is 9.92. The zero-order valence-electron chi connectivity index (χ0n) is 10.4. The van der Waals surface area contributed by atoms with Crippen molar-refractivity contribution in [2.75, 3.05) is 5.75 Å². The summed E-state index contributed by atoms with van der Waals surface area (Å²) in [4.78, 5) is 2.24. The lowest BCUT2D eigenvalue weighted by molar-refractivity contribution is 0.492. The first kappa shape index (κ1) is 15.1. The Morgan fingerprint density at radius 1 is 1.53 bits per heavy atom. The fourth-order valence-corrected chi connectivity index (χ4v) is 3.40. The molecule has 0 fully saturated rings. The van der Waals surface area contributed by atoms with Gasteiger partial charge in [-0.3, -0.25) is 0 Å². The normalized spacial score (nSPS) is 16.2. The van der Waals surface area contributed by atoms with E-state index in [2.05, 4.69) is 45.2 Å². The highest BCUT2D eigenvalue weighted by Crippen LogP contribution is 2.35. The van der Waals surface area contributed by atoms with E-state index < -0.39 is 0 Å². The number of rotatable bonds is 6. The molecule has 0 heterocycles. The minimum absolute atomic E-state index is 0.105. The fourth-order valence-electron chi connectivity index (χ4n) is 1.53. The first-order valence-electron chi connectivity index (χ1n) is 5.79. The largest absolute Gasteiger partial charge is 0.167 e. The van der Waals surface area contributed by atoms with E-state index in [9.17, 15) is 0 Å². The van der Waals surface area contributed by atoms with Crippen LogP contribution >= 0.6 is 37.0 Å². The van der Waals surface area contributed by atoms with Crippen LogP contribution in [0.3, 0.4) is 0 Å². The number of hydrogen-bond donors (Lipinski definition) is 2. The van der Waals surface area contributed by atoms with Crippen LogP contribution in [0.15, 0.2) is 46.7 Å². The van der Waals surface area contributed by atoms with Gasteiger partial charge in [0.2, 0.25) is 0 Å². The predicted octanol–water partition coefficient (Wildman–Crippen LogP) is 4.97. The topological polar surface area (TPSA) is 0 Å². The third-order valence-corrected chi connectivity index (χ3v) is 5.59. The molecule has 1 rings (SSSR count). The summed E-state index contributed by atoms with van der Waals surface area (Å²) < 4.78 is -0.105. The average molecular weight is 285 g/mol. The Labute approximate surface area is 120 Å². The SMILES string of the molecule is C=CC(S)(CSc1cccc(S)c1)[C@H](C)CC. The minimum atomic E-state index is -0.105. The van der Waals surface area contributed by atoms with Gasteiger partial charge in [0.25, 0.3) is 0 Å². The van der Waals surface area contributed by atoms with Crippen molar-refractivity contribution in [3.63, 3.8) is 0 Å². The highest BCUT2D eigenvalue weighted by atomic mass is 32.2. The molecule has 1 aromatic carbocycles. The molecule has 0 spiro atoms. The van der Waals surface area contributed by atoms with Gasteiger partial charge in [0, 0.05) is 20.3 Å². The summed E-state index contributed by atoms with van der Waals surface area (Å²) in [5.41, 5.74) is 0. The van der Waals surface area contributed by atoms with Crippen LogP contribution in [0.25, 0.3) is 0 Å². The summed E-state index contributed by atoms with van der Waals surface area (Å²) in [6, 6.07) is 8.21. The first-order chi connectivity index (χ1) is 8.01. The van der Waals surface area contributed by atoms with Gasteiger partial charge in [0.05, 0.1) is 0 Å². The van der Waals surface area contributed by atoms with E-state index in [1.807, 2.05) is 30.0 Å². The van der Waals surface area contributed by atoms with Gasteiger partial charge in [-0.15, -0.1) is 31.0 Å². The molecule has 1 unspecified atom stereocenters. The summed E-state index contributed by atoms with van der Waals surface area (Å²) >= 11 is 11.0. The van der Waals surface area contributed by atoms with Crippen LogP contribution in [-0.2, 0) is 0 Å². The molecule has 0 amide bonds. The van der Waals surface area contributed by atoms with Crippen molar-refractivity contribution < 1.29 is 0 Å². The van der Waals surface area contributed by atoms with E-state index >= 15 is 0 Å². The predicted molar refractivity (Wildman–Crippen MR) is 85.8 cm³/mol. The zero-order valence-corrected chi connectivity index (χ0v) is 13.0. The Hall–Kier alpha value is 0.01000. The molecule has 0 N–H and O–H groups in total. The van der Waals surface area contributed by atoms with Crippen LogP contribution in [0.2, 0.25) is 0 Å². The Balaban J connectivity index is 2.68. The van der Waals surface area contributed by atoms with Crippen LogP contribution in [0.4, 0.5) is 0 Å². The monoisotopic (exact) mass is 284 g/mol. The van der Waals surface area contributed by atoms with Crippen molar-refractivity contribution in [3.05, 3.63) is 36.9 Å². The third kappa shape index (κ3) is 4.31. The summed E-state index contributed by atoms with van der Waals surface area (Å²) in [5, 5.41) is 0. The van der Waals surface area contributed by atoms with Crippen molar-refractivity contribution in [2.24, 2.45) is 5.92 Å². The molecule has 0 saturated carbocycles. The Kier molecular flexibility index (Phi) is 6.04. The lowest BCUT2D eigenvalue weighted by Crippen LogP contribution is -2.30. The van der Waals surface area contributed by atoms with Gasteiger partial charge in [-0.2, -0.15) is 12.6 Å². The van der Waals surface area contributed by atoms with Crippen LogP contribution < -0.4 is 0 Å². The Morgan fingerprint density at radius 2 is 2.24 bits per heavy atom. The van der Waals surface area contributed by atoms with Crippen molar-refractivity contribution >= 4 is 37.0 Å². The summed E-state index contributed by atoms with van der Waals surface area (Å²) in [6.45, 7) is 8.35. The molecule has 17 heavy (non-hydrogen) atoms. The van der Waals surface area contributed by atoms with Gasteiger partial charge in [-0.05, 0) is 24.1 Å². The molecule has 0 aliphatic heterocycles. The number of thioether (sulfide) groups is 1. The average Bonchev–Trinajstić information content (AvgIpc) is 2.35. The van der Waals surface area contributed by atoms with Crippen molar-refractivity contribution in [1.82, 2.24) is 0 Å². The Bertz CT molecular complexity index is 375. The summed E-state index contributed by atoms with van der Waals surface area (Å²) in [5.74, 6) is 1.46. The number of hydrogen-bond acceptors (Lipinski definition) is 3. The molecule has 0 nitrogen and oxygen atoms in total.